The second-order valence-electron chi connectivity index (χ2n) is 7.61. The van der Waals surface area contributed by atoms with Gasteiger partial charge in [-0.2, -0.15) is 0 Å². The molecule has 1 amide bonds. The van der Waals surface area contributed by atoms with E-state index in [-0.39, 0.29) is 5.91 Å². The number of piperidine rings is 1. The van der Waals surface area contributed by atoms with Crippen molar-refractivity contribution >= 4 is 16.9 Å². The molecule has 2 atom stereocenters. The number of aromatic nitrogens is 2. The topological polar surface area (TPSA) is 38.1 Å². The van der Waals surface area contributed by atoms with Crippen molar-refractivity contribution in [1.82, 2.24) is 14.5 Å². The summed E-state index contributed by atoms with van der Waals surface area (Å²) in [7, 11) is 1.97. The summed E-state index contributed by atoms with van der Waals surface area (Å²) in [4.78, 5) is 19.8. The molecule has 2 aliphatic rings. The summed E-state index contributed by atoms with van der Waals surface area (Å²) < 4.78 is 1.97. The van der Waals surface area contributed by atoms with Crippen molar-refractivity contribution in [3.8, 4) is 0 Å². The van der Waals surface area contributed by atoms with E-state index in [1.165, 1.54) is 17.5 Å². The Morgan fingerprint density at radius 3 is 2.96 bits per heavy atom. The number of aryl methyl sites for hydroxylation is 2. The van der Waals surface area contributed by atoms with E-state index in [4.69, 9.17) is 0 Å². The Kier molecular flexibility index (Phi) is 3.59. The molecule has 0 spiro atoms. The number of carbonyl (C=O) groups is 1. The Morgan fingerprint density at radius 2 is 2.04 bits per heavy atom. The number of imidazole rings is 1. The van der Waals surface area contributed by atoms with Gasteiger partial charge in [0.2, 0.25) is 0 Å². The van der Waals surface area contributed by atoms with Gasteiger partial charge in [0, 0.05) is 31.1 Å². The molecule has 1 aliphatic heterocycles. The lowest BCUT2D eigenvalue weighted by Crippen LogP contribution is -2.49. The molecular formula is C22H23N3O. The summed E-state index contributed by atoms with van der Waals surface area (Å²) >= 11 is 0. The van der Waals surface area contributed by atoms with Gasteiger partial charge in [0.15, 0.2) is 0 Å². The fraction of sp³-hybridized carbons (Fsp3) is 0.364. The maximum Gasteiger partial charge on any atom is 0.254 e. The van der Waals surface area contributed by atoms with Crippen molar-refractivity contribution in [2.45, 2.75) is 37.6 Å². The van der Waals surface area contributed by atoms with E-state index in [1.807, 2.05) is 29.8 Å². The molecule has 1 aromatic heterocycles. The van der Waals surface area contributed by atoms with Gasteiger partial charge in [0.05, 0.1) is 17.4 Å². The van der Waals surface area contributed by atoms with Crippen molar-refractivity contribution in [3.05, 3.63) is 65.5 Å². The SMILES string of the molecule is Cn1cnc2ccc(C(=O)N3CCC[C@@H]4c5ccccc5CC[C@@H]43)cc21. The first kappa shape index (κ1) is 15.6. The van der Waals surface area contributed by atoms with E-state index < -0.39 is 0 Å². The van der Waals surface area contributed by atoms with Crippen LogP contribution in [0.15, 0.2) is 48.8 Å². The van der Waals surface area contributed by atoms with Crippen LogP contribution in [0, 0.1) is 0 Å². The third-order valence-electron chi connectivity index (χ3n) is 6.18. The highest BCUT2D eigenvalue weighted by molar-refractivity contribution is 5.97. The van der Waals surface area contributed by atoms with Gasteiger partial charge in [-0.05, 0) is 55.0 Å². The molecule has 1 saturated heterocycles. The van der Waals surface area contributed by atoms with Crippen LogP contribution in [0.5, 0.6) is 0 Å². The molecular weight excluding hydrogens is 322 g/mol. The Labute approximate surface area is 153 Å². The predicted octanol–water partition coefficient (Wildman–Crippen LogP) is 3.91. The van der Waals surface area contributed by atoms with Gasteiger partial charge in [-0.25, -0.2) is 4.98 Å². The van der Waals surface area contributed by atoms with Gasteiger partial charge in [0.25, 0.3) is 5.91 Å². The van der Waals surface area contributed by atoms with Crippen LogP contribution in [-0.2, 0) is 13.5 Å². The summed E-state index contributed by atoms with van der Waals surface area (Å²) in [5.74, 6) is 0.653. The zero-order chi connectivity index (χ0) is 17.7. The molecule has 1 aliphatic carbocycles. The molecule has 0 unspecified atom stereocenters. The Balaban J connectivity index is 1.49. The highest BCUT2D eigenvalue weighted by Crippen LogP contribution is 2.41. The van der Waals surface area contributed by atoms with Crippen LogP contribution in [0.2, 0.25) is 0 Å². The van der Waals surface area contributed by atoms with Crippen molar-refractivity contribution < 1.29 is 4.79 Å². The molecule has 1 fully saturated rings. The largest absolute Gasteiger partial charge is 0.335 e. The molecule has 4 nitrogen and oxygen atoms in total. The van der Waals surface area contributed by atoms with Gasteiger partial charge in [-0.1, -0.05) is 24.3 Å². The molecule has 3 aromatic rings. The van der Waals surface area contributed by atoms with Crippen LogP contribution in [0.3, 0.4) is 0 Å². The third-order valence-corrected chi connectivity index (χ3v) is 6.18. The highest BCUT2D eigenvalue weighted by atomic mass is 16.2. The fourth-order valence-electron chi connectivity index (χ4n) is 4.88. The molecule has 26 heavy (non-hydrogen) atoms. The standard InChI is InChI=1S/C22H23N3O/c1-24-14-23-19-10-8-16(13-21(19)24)22(26)25-12-4-7-18-17-6-3-2-5-15(17)9-11-20(18)25/h2-3,5-6,8,10,13-14,18,20H,4,7,9,11-12H2,1H3/t18-,20+/m1/s1. The smallest absolute Gasteiger partial charge is 0.254 e. The summed E-state index contributed by atoms with van der Waals surface area (Å²) in [6, 6.07) is 15.0. The number of likely N-dealkylation sites (tertiary alicyclic amines) is 1. The Hall–Kier alpha value is -2.62. The van der Waals surface area contributed by atoms with Crippen molar-refractivity contribution in [1.29, 1.82) is 0 Å². The minimum Gasteiger partial charge on any atom is -0.335 e. The minimum atomic E-state index is 0.169. The lowest BCUT2D eigenvalue weighted by Gasteiger charge is -2.45. The monoisotopic (exact) mass is 345 g/mol. The van der Waals surface area contributed by atoms with Gasteiger partial charge in [-0.3, -0.25) is 4.79 Å². The van der Waals surface area contributed by atoms with Crippen LogP contribution < -0.4 is 0 Å². The average Bonchev–Trinajstić information content (AvgIpc) is 3.07. The predicted molar refractivity (Wildman–Crippen MR) is 102 cm³/mol. The summed E-state index contributed by atoms with van der Waals surface area (Å²) in [5.41, 5.74) is 5.66. The van der Waals surface area contributed by atoms with Crippen molar-refractivity contribution in [2.24, 2.45) is 7.05 Å². The zero-order valence-electron chi connectivity index (χ0n) is 15.1. The maximum atomic E-state index is 13.3. The number of benzene rings is 2. The Morgan fingerprint density at radius 1 is 1.15 bits per heavy atom. The van der Waals surface area contributed by atoms with Gasteiger partial charge in [0.1, 0.15) is 0 Å². The summed E-state index contributed by atoms with van der Waals surface area (Å²) in [6.45, 7) is 0.867. The van der Waals surface area contributed by atoms with Crippen molar-refractivity contribution in [3.63, 3.8) is 0 Å². The molecule has 0 radical (unpaired) electrons. The zero-order valence-corrected chi connectivity index (χ0v) is 15.1. The molecule has 0 bridgehead atoms. The molecule has 4 heteroatoms. The van der Waals surface area contributed by atoms with Crippen LogP contribution in [0.1, 0.15) is 46.7 Å². The number of hydrogen-bond acceptors (Lipinski definition) is 2. The quantitative estimate of drug-likeness (QED) is 0.671. The van der Waals surface area contributed by atoms with Gasteiger partial charge < -0.3 is 9.47 Å². The lowest BCUT2D eigenvalue weighted by atomic mass is 9.74. The van der Waals surface area contributed by atoms with Crippen LogP contribution >= 0.6 is 0 Å². The first-order chi connectivity index (χ1) is 12.7. The van der Waals surface area contributed by atoms with Crippen LogP contribution in [0.25, 0.3) is 11.0 Å². The molecule has 0 N–H and O–H groups in total. The minimum absolute atomic E-state index is 0.169. The first-order valence-electron chi connectivity index (χ1n) is 9.52. The number of hydrogen-bond donors (Lipinski definition) is 0. The van der Waals surface area contributed by atoms with Crippen LogP contribution in [-0.4, -0.2) is 32.9 Å². The second-order valence-corrected chi connectivity index (χ2v) is 7.61. The van der Waals surface area contributed by atoms with E-state index in [0.717, 1.165) is 42.4 Å². The van der Waals surface area contributed by atoms with E-state index in [2.05, 4.69) is 34.1 Å². The van der Waals surface area contributed by atoms with E-state index in [1.54, 1.807) is 6.33 Å². The van der Waals surface area contributed by atoms with E-state index in [9.17, 15) is 4.79 Å². The summed E-state index contributed by atoms with van der Waals surface area (Å²) in [5, 5.41) is 0. The first-order valence-corrected chi connectivity index (χ1v) is 9.52. The maximum absolute atomic E-state index is 13.3. The molecule has 2 aromatic carbocycles. The number of amides is 1. The average molecular weight is 345 g/mol. The van der Waals surface area contributed by atoms with Gasteiger partial charge in [-0.15, -0.1) is 0 Å². The van der Waals surface area contributed by atoms with E-state index in [0.29, 0.717) is 12.0 Å². The third kappa shape index (κ3) is 2.36. The van der Waals surface area contributed by atoms with Gasteiger partial charge >= 0.3 is 0 Å². The molecule has 0 saturated carbocycles. The summed E-state index contributed by atoms with van der Waals surface area (Å²) in [6.07, 6.45) is 6.21. The molecule has 132 valence electrons. The highest BCUT2D eigenvalue weighted by Gasteiger charge is 2.38. The van der Waals surface area contributed by atoms with Crippen LogP contribution in [0.4, 0.5) is 0 Å². The molecule has 2 heterocycles. The fourth-order valence-corrected chi connectivity index (χ4v) is 4.88. The number of nitrogens with zero attached hydrogens (tertiary/aromatic N) is 3. The molecule has 5 rings (SSSR count). The Bertz CT molecular complexity index is 990. The number of carbonyl (C=O) groups excluding carboxylic acids is 1. The lowest BCUT2D eigenvalue weighted by molar-refractivity contribution is 0.0547. The normalized spacial score (nSPS) is 22.1. The number of fused-ring (bicyclic) bond motifs is 4. The van der Waals surface area contributed by atoms with Crippen molar-refractivity contribution in [2.75, 3.05) is 6.54 Å². The second kappa shape index (κ2) is 5.97. The van der Waals surface area contributed by atoms with E-state index >= 15 is 0 Å². The number of rotatable bonds is 1.